The summed E-state index contributed by atoms with van der Waals surface area (Å²) in [6.07, 6.45) is 0. The van der Waals surface area contributed by atoms with Gasteiger partial charge in [-0.15, -0.1) is 0 Å². The van der Waals surface area contributed by atoms with Gasteiger partial charge in [-0.2, -0.15) is 0 Å². The molecule has 0 saturated heterocycles. The molecule has 116 valence electrons. The summed E-state index contributed by atoms with van der Waals surface area (Å²) in [6.45, 7) is 1.66. The van der Waals surface area contributed by atoms with Gasteiger partial charge in [0.05, 0.1) is 7.11 Å². The van der Waals surface area contributed by atoms with E-state index in [0.29, 0.717) is 5.75 Å². The highest BCUT2D eigenvalue weighted by Crippen LogP contribution is 2.26. The number of hydrogen-bond donors (Lipinski definition) is 1. The van der Waals surface area contributed by atoms with Crippen LogP contribution in [-0.4, -0.2) is 35.9 Å². The van der Waals surface area contributed by atoms with Gasteiger partial charge in [-0.3, -0.25) is 9.59 Å². The number of aromatic hydroxyl groups is 1. The highest BCUT2D eigenvalue weighted by atomic mass is 16.5. The highest BCUT2D eigenvalue weighted by molar-refractivity contribution is 5.95. The normalized spacial score (nSPS) is 10.3. The quantitative estimate of drug-likeness (QED) is 0.858. The number of amides is 1. The van der Waals surface area contributed by atoms with Gasteiger partial charge in [0.15, 0.2) is 28.8 Å². The summed E-state index contributed by atoms with van der Waals surface area (Å²) in [7, 11) is 3.08. The smallest absolute Gasteiger partial charge is 0.289 e. The molecule has 1 aromatic carbocycles. The van der Waals surface area contributed by atoms with Gasteiger partial charge in [-0.25, -0.2) is 0 Å². The van der Waals surface area contributed by atoms with E-state index in [1.54, 1.807) is 19.2 Å². The molecule has 0 fully saturated rings. The fourth-order valence-corrected chi connectivity index (χ4v) is 2.01. The number of phenolic OH excluding ortho intramolecular Hbond substituents is 1. The molecule has 1 amide bonds. The minimum atomic E-state index is -0.345. The Kier molecular flexibility index (Phi) is 4.50. The standard InChI is InChI=1S/C16H17NO5/c1-10(18)13-6-7-15(22-13)16(20)17(2)9-11-4-5-14(21-3)12(19)8-11/h4-8,19H,9H2,1-3H3. The topological polar surface area (TPSA) is 80.0 Å². The molecular weight excluding hydrogens is 286 g/mol. The number of benzene rings is 1. The second kappa shape index (κ2) is 6.34. The third-order valence-electron chi connectivity index (χ3n) is 3.17. The van der Waals surface area contributed by atoms with Crippen LogP contribution in [0.3, 0.4) is 0 Å². The number of hydrogen-bond acceptors (Lipinski definition) is 5. The molecule has 6 heteroatoms. The number of carbonyl (C=O) groups is 2. The maximum atomic E-state index is 12.2. The van der Waals surface area contributed by atoms with Crippen LogP contribution in [0.15, 0.2) is 34.7 Å². The highest BCUT2D eigenvalue weighted by Gasteiger charge is 2.18. The first-order valence-electron chi connectivity index (χ1n) is 6.64. The lowest BCUT2D eigenvalue weighted by molar-refractivity contribution is 0.0750. The molecule has 0 aliphatic carbocycles. The molecule has 22 heavy (non-hydrogen) atoms. The van der Waals surface area contributed by atoms with Crippen LogP contribution in [0, 0.1) is 0 Å². The van der Waals surface area contributed by atoms with Crippen LogP contribution in [-0.2, 0) is 6.54 Å². The molecule has 0 aliphatic rings. The van der Waals surface area contributed by atoms with Crippen LogP contribution in [0.25, 0.3) is 0 Å². The zero-order valence-corrected chi connectivity index (χ0v) is 12.6. The zero-order chi connectivity index (χ0) is 16.3. The summed E-state index contributed by atoms with van der Waals surface area (Å²) in [6, 6.07) is 7.87. The molecule has 0 atom stereocenters. The molecule has 2 rings (SSSR count). The molecule has 0 saturated carbocycles. The van der Waals surface area contributed by atoms with E-state index in [1.165, 1.54) is 37.1 Å². The summed E-state index contributed by atoms with van der Waals surface area (Å²) in [5.41, 5.74) is 0.743. The first kappa shape index (κ1) is 15.6. The first-order valence-corrected chi connectivity index (χ1v) is 6.64. The number of furan rings is 1. The van der Waals surface area contributed by atoms with Crippen molar-refractivity contribution >= 4 is 11.7 Å². The van der Waals surface area contributed by atoms with Crippen LogP contribution >= 0.6 is 0 Å². The Balaban J connectivity index is 2.10. The van der Waals surface area contributed by atoms with Crippen molar-refractivity contribution < 1.29 is 23.8 Å². The lowest BCUT2D eigenvalue weighted by Crippen LogP contribution is -2.25. The van der Waals surface area contributed by atoms with E-state index in [2.05, 4.69) is 0 Å². The van der Waals surface area contributed by atoms with E-state index in [4.69, 9.17) is 9.15 Å². The number of Topliss-reactive ketones (excluding diaryl/α,β-unsaturated/α-hetero) is 1. The van der Waals surface area contributed by atoms with E-state index in [1.807, 2.05) is 0 Å². The van der Waals surface area contributed by atoms with Crippen LogP contribution in [0.1, 0.15) is 33.6 Å². The summed E-state index contributed by atoms with van der Waals surface area (Å²) in [5.74, 6) is 0.0569. The Hall–Kier alpha value is -2.76. The number of ketones is 1. The van der Waals surface area contributed by atoms with E-state index in [9.17, 15) is 14.7 Å². The second-order valence-electron chi connectivity index (χ2n) is 4.89. The summed E-state index contributed by atoms with van der Waals surface area (Å²) >= 11 is 0. The van der Waals surface area contributed by atoms with Gasteiger partial charge in [0.2, 0.25) is 0 Å². The minimum absolute atomic E-state index is 0.0118. The lowest BCUT2D eigenvalue weighted by atomic mass is 10.2. The van der Waals surface area contributed by atoms with Crippen LogP contribution < -0.4 is 4.74 Å². The average Bonchev–Trinajstić information content (AvgIpc) is 2.96. The van der Waals surface area contributed by atoms with Crippen molar-refractivity contribution in [1.82, 2.24) is 4.90 Å². The van der Waals surface area contributed by atoms with Crippen molar-refractivity contribution in [3.05, 3.63) is 47.4 Å². The zero-order valence-electron chi connectivity index (χ0n) is 12.6. The van der Waals surface area contributed by atoms with Gasteiger partial charge in [0.25, 0.3) is 5.91 Å². The van der Waals surface area contributed by atoms with Gasteiger partial charge in [0.1, 0.15) is 0 Å². The maximum Gasteiger partial charge on any atom is 0.289 e. The number of ether oxygens (including phenoxy) is 1. The van der Waals surface area contributed by atoms with Crippen molar-refractivity contribution in [3.8, 4) is 11.5 Å². The van der Waals surface area contributed by atoms with Crippen molar-refractivity contribution in [2.45, 2.75) is 13.5 Å². The molecule has 6 nitrogen and oxygen atoms in total. The molecule has 0 radical (unpaired) electrons. The predicted molar refractivity (Wildman–Crippen MR) is 79.2 cm³/mol. The van der Waals surface area contributed by atoms with Crippen LogP contribution in [0.5, 0.6) is 11.5 Å². The average molecular weight is 303 g/mol. The number of methoxy groups -OCH3 is 1. The van der Waals surface area contributed by atoms with Gasteiger partial charge in [-0.1, -0.05) is 6.07 Å². The molecule has 0 bridgehead atoms. The van der Waals surface area contributed by atoms with Gasteiger partial charge < -0.3 is 19.2 Å². The van der Waals surface area contributed by atoms with Crippen LogP contribution in [0.2, 0.25) is 0 Å². The van der Waals surface area contributed by atoms with E-state index in [0.717, 1.165) is 5.56 Å². The first-order chi connectivity index (χ1) is 10.4. The van der Waals surface area contributed by atoms with Gasteiger partial charge >= 0.3 is 0 Å². The lowest BCUT2D eigenvalue weighted by Gasteiger charge is -2.16. The SMILES string of the molecule is COc1ccc(CN(C)C(=O)c2ccc(C(C)=O)o2)cc1O. The molecule has 0 aliphatic heterocycles. The van der Waals surface area contributed by atoms with Crippen molar-refractivity contribution in [2.75, 3.05) is 14.2 Å². The Morgan fingerprint density at radius 1 is 1.23 bits per heavy atom. The molecule has 2 aromatic rings. The Morgan fingerprint density at radius 3 is 2.45 bits per heavy atom. The number of rotatable bonds is 5. The fourth-order valence-electron chi connectivity index (χ4n) is 2.01. The van der Waals surface area contributed by atoms with E-state index >= 15 is 0 Å². The Labute approximate surface area is 127 Å². The molecule has 1 heterocycles. The van der Waals surface area contributed by atoms with E-state index in [-0.39, 0.29) is 35.5 Å². The van der Waals surface area contributed by atoms with Gasteiger partial charge in [-0.05, 0) is 29.8 Å². The third kappa shape index (κ3) is 3.28. The summed E-state index contributed by atoms with van der Waals surface area (Å²) in [4.78, 5) is 24.8. The molecule has 1 N–H and O–H groups in total. The number of carbonyl (C=O) groups excluding carboxylic acids is 2. The second-order valence-corrected chi connectivity index (χ2v) is 4.89. The number of phenols is 1. The fraction of sp³-hybridized carbons (Fsp3) is 0.250. The van der Waals surface area contributed by atoms with Crippen molar-refractivity contribution in [2.24, 2.45) is 0 Å². The molecule has 1 aromatic heterocycles. The minimum Gasteiger partial charge on any atom is -0.504 e. The van der Waals surface area contributed by atoms with Crippen LogP contribution in [0.4, 0.5) is 0 Å². The Bertz CT molecular complexity index is 704. The van der Waals surface area contributed by atoms with E-state index < -0.39 is 0 Å². The van der Waals surface area contributed by atoms with Crippen molar-refractivity contribution in [3.63, 3.8) is 0 Å². The summed E-state index contributed by atoms with van der Waals surface area (Å²) < 4.78 is 10.2. The summed E-state index contributed by atoms with van der Waals surface area (Å²) in [5, 5.41) is 9.74. The third-order valence-corrected chi connectivity index (χ3v) is 3.17. The van der Waals surface area contributed by atoms with Crippen molar-refractivity contribution in [1.29, 1.82) is 0 Å². The largest absolute Gasteiger partial charge is 0.504 e. The molecule has 0 spiro atoms. The van der Waals surface area contributed by atoms with Gasteiger partial charge in [0, 0.05) is 20.5 Å². The molecule has 0 unspecified atom stereocenters. The predicted octanol–water partition coefficient (Wildman–Crippen LogP) is 2.47. The monoisotopic (exact) mass is 303 g/mol. The molecular formula is C16H17NO5. The number of nitrogens with zero attached hydrogens (tertiary/aromatic N) is 1. The maximum absolute atomic E-state index is 12.2. The Morgan fingerprint density at radius 2 is 1.91 bits per heavy atom.